The average molecular weight is 247 g/mol. The van der Waals surface area contributed by atoms with Gasteiger partial charge in [0.15, 0.2) is 5.65 Å². The standard InChI is InChI=1S/C12H17N5O/c1-8(2)17-12-9(5-15-17)4-10(6-14-12)16-11(18)7-13-3/h4-6,8,13H,7H2,1-3H3,(H,16,18). The van der Waals surface area contributed by atoms with Crippen LogP contribution in [-0.4, -0.2) is 34.3 Å². The van der Waals surface area contributed by atoms with Gasteiger partial charge in [-0.05, 0) is 27.0 Å². The highest BCUT2D eigenvalue weighted by molar-refractivity contribution is 5.93. The molecular weight excluding hydrogens is 230 g/mol. The van der Waals surface area contributed by atoms with E-state index in [0.717, 1.165) is 11.0 Å². The van der Waals surface area contributed by atoms with Gasteiger partial charge in [-0.15, -0.1) is 0 Å². The van der Waals surface area contributed by atoms with Crippen LogP contribution >= 0.6 is 0 Å². The quantitative estimate of drug-likeness (QED) is 0.850. The first-order valence-electron chi connectivity index (χ1n) is 5.89. The molecule has 0 radical (unpaired) electrons. The van der Waals surface area contributed by atoms with E-state index in [1.54, 1.807) is 19.4 Å². The van der Waals surface area contributed by atoms with Gasteiger partial charge < -0.3 is 10.6 Å². The predicted molar refractivity (Wildman–Crippen MR) is 70.5 cm³/mol. The Morgan fingerprint density at radius 3 is 2.89 bits per heavy atom. The summed E-state index contributed by atoms with van der Waals surface area (Å²) in [5.41, 5.74) is 1.52. The van der Waals surface area contributed by atoms with Crippen molar-refractivity contribution >= 4 is 22.6 Å². The highest BCUT2D eigenvalue weighted by Gasteiger charge is 2.08. The van der Waals surface area contributed by atoms with Crippen molar-refractivity contribution in [1.82, 2.24) is 20.1 Å². The Balaban J connectivity index is 2.26. The van der Waals surface area contributed by atoms with E-state index in [4.69, 9.17) is 0 Å². The van der Waals surface area contributed by atoms with Gasteiger partial charge in [0, 0.05) is 11.4 Å². The van der Waals surface area contributed by atoms with E-state index in [9.17, 15) is 4.79 Å². The van der Waals surface area contributed by atoms with Crippen LogP contribution in [0, 0.1) is 0 Å². The topological polar surface area (TPSA) is 71.8 Å². The number of carbonyl (C=O) groups is 1. The maximum Gasteiger partial charge on any atom is 0.238 e. The molecule has 18 heavy (non-hydrogen) atoms. The lowest BCUT2D eigenvalue weighted by atomic mass is 10.3. The number of aromatic nitrogens is 3. The summed E-state index contributed by atoms with van der Waals surface area (Å²) in [6.07, 6.45) is 3.41. The molecule has 96 valence electrons. The number of amides is 1. The third kappa shape index (κ3) is 2.48. The van der Waals surface area contributed by atoms with Crippen molar-refractivity contribution in [3.05, 3.63) is 18.5 Å². The van der Waals surface area contributed by atoms with E-state index < -0.39 is 0 Å². The lowest BCUT2D eigenvalue weighted by molar-refractivity contribution is -0.115. The van der Waals surface area contributed by atoms with Crippen LogP contribution in [-0.2, 0) is 4.79 Å². The number of nitrogens with one attached hydrogen (secondary N) is 2. The van der Waals surface area contributed by atoms with Gasteiger partial charge in [-0.2, -0.15) is 5.10 Å². The van der Waals surface area contributed by atoms with Gasteiger partial charge in [-0.3, -0.25) is 4.79 Å². The van der Waals surface area contributed by atoms with Crippen molar-refractivity contribution in [2.45, 2.75) is 19.9 Å². The number of carbonyl (C=O) groups excluding carboxylic acids is 1. The zero-order valence-electron chi connectivity index (χ0n) is 10.8. The highest BCUT2D eigenvalue weighted by Crippen LogP contribution is 2.18. The Labute approximate surface area is 105 Å². The Morgan fingerprint density at radius 2 is 2.22 bits per heavy atom. The van der Waals surface area contributed by atoms with Gasteiger partial charge in [-0.1, -0.05) is 0 Å². The second-order valence-electron chi connectivity index (χ2n) is 4.40. The highest BCUT2D eigenvalue weighted by atomic mass is 16.1. The molecule has 0 unspecified atom stereocenters. The van der Waals surface area contributed by atoms with Crippen LogP contribution < -0.4 is 10.6 Å². The molecule has 0 saturated carbocycles. The molecule has 0 saturated heterocycles. The molecule has 0 aromatic carbocycles. The molecule has 0 aliphatic rings. The van der Waals surface area contributed by atoms with E-state index in [1.807, 2.05) is 10.7 Å². The summed E-state index contributed by atoms with van der Waals surface area (Å²) in [5.74, 6) is -0.0881. The first kappa shape index (κ1) is 12.5. The Kier molecular flexibility index (Phi) is 3.57. The number of pyridine rings is 1. The fraction of sp³-hybridized carbons (Fsp3) is 0.417. The van der Waals surface area contributed by atoms with Crippen molar-refractivity contribution in [3.63, 3.8) is 0 Å². The number of fused-ring (bicyclic) bond motifs is 1. The molecule has 0 spiro atoms. The van der Waals surface area contributed by atoms with Crippen LogP contribution in [0.1, 0.15) is 19.9 Å². The van der Waals surface area contributed by atoms with Gasteiger partial charge in [0.2, 0.25) is 5.91 Å². The molecule has 6 heteroatoms. The molecule has 0 atom stereocenters. The maximum atomic E-state index is 11.4. The van der Waals surface area contributed by atoms with Crippen LogP contribution in [0.3, 0.4) is 0 Å². The third-order valence-electron chi connectivity index (χ3n) is 2.54. The minimum atomic E-state index is -0.0881. The van der Waals surface area contributed by atoms with E-state index in [1.165, 1.54) is 0 Å². The molecule has 2 aromatic rings. The van der Waals surface area contributed by atoms with Crippen LogP contribution in [0.2, 0.25) is 0 Å². The molecular formula is C12H17N5O. The zero-order valence-corrected chi connectivity index (χ0v) is 10.8. The predicted octanol–water partition coefficient (Wildman–Crippen LogP) is 1.17. The molecule has 2 heterocycles. The molecule has 2 rings (SSSR count). The first-order chi connectivity index (χ1) is 8.61. The smallest absolute Gasteiger partial charge is 0.238 e. The Hall–Kier alpha value is -1.95. The summed E-state index contributed by atoms with van der Waals surface area (Å²) >= 11 is 0. The van der Waals surface area contributed by atoms with Crippen LogP contribution in [0.5, 0.6) is 0 Å². The normalized spacial score (nSPS) is 11.1. The summed E-state index contributed by atoms with van der Waals surface area (Å²) in [5, 5.41) is 10.8. The van der Waals surface area contributed by atoms with Crippen molar-refractivity contribution in [2.24, 2.45) is 0 Å². The molecule has 6 nitrogen and oxygen atoms in total. The van der Waals surface area contributed by atoms with Crippen molar-refractivity contribution in [3.8, 4) is 0 Å². The summed E-state index contributed by atoms with van der Waals surface area (Å²) in [7, 11) is 1.73. The maximum absolute atomic E-state index is 11.4. The van der Waals surface area contributed by atoms with Gasteiger partial charge in [0.25, 0.3) is 0 Å². The number of hydrogen-bond donors (Lipinski definition) is 2. The summed E-state index contributed by atoms with van der Waals surface area (Å²) in [4.78, 5) is 15.8. The fourth-order valence-corrected chi connectivity index (χ4v) is 1.75. The average Bonchev–Trinajstić information content (AvgIpc) is 2.72. The Bertz CT molecular complexity index is 561. The van der Waals surface area contributed by atoms with Crippen LogP contribution in [0.25, 0.3) is 11.0 Å². The molecule has 0 fully saturated rings. The summed E-state index contributed by atoms with van der Waals surface area (Å²) in [6, 6.07) is 2.14. The lowest BCUT2D eigenvalue weighted by Gasteiger charge is -2.07. The lowest BCUT2D eigenvalue weighted by Crippen LogP contribution is -2.25. The Morgan fingerprint density at radius 1 is 1.44 bits per heavy atom. The third-order valence-corrected chi connectivity index (χ3v) is 2.54. The number of likely N-dealkylation sites (N-methyl/N-ethyl adjacent to an activating group) is 1. The second kappa shape index (κ2) is 5.14. The molecule has 2 N–H and O–H groups in total. The minimum Gasteiger partial charge on any atom is -0.324 e. The van der Waals surface area contributed by atoms with Gasteiger partial charge in [0.05, 0.1) is 24.6 Å². The van der Waals surface area contributed by atoms with E-state index in [-0.39, 0.29) is 18.5 Å². The molecule has 0 bridgehead atoms. The van der Waals surface area contributed by atoms with Gasteiger partial charge >= 0.3 is 0 Å². The number of anilines is 1. The van der Waals surface area contributed by atoms with Gasteiger partial charge in [0.1, 0.15) is 0 Å². The molecule has 0 aliphatic carbocycles. The molecule has 2 aromatic heterocycles. The minimum absolute atomic E-state index is 0.0881. The van der Waals surface area contributed by atoms with Crippen LogP contribution in [0.4, 0.5) is 5.69 Å². The zero-order chi connectivity index (χ0) is 13.1. The molecule has 0 aliphatic heterocycles. The number of hydrogen-bond acceptors (Lipinski definition) is 4. The SMILES string of the molecule is CNCC(=O)Nc1cnc2c(cnn2C(C)C)c1. The van der Waals surface area contributed by atoms with Crippen molar-refractivity contribution in [1.29, 1.82) is 0 Å². The monoisotopic (exact) mass is 247 g/mol. The fourth-order valence-electron chi connectivity index (χ4n) is 1.75. The van der Waals surface area contributed by atoms with E-state index in [2.05, 4.69) is 34.6 Å². The first-order valence-corrected chi connectivity index (χ1v) is 5.89. The van der Waals surface area contributed by atoms with Gasteiger partial charge in [-0.25, -0.2) is 9.67 Å². The number of nitrogens with zero attached hydrogens (tertiary/aromatic N) is 3. The summed E-state index contributed by atoms with van der Waals surface area (Å²) < 4.78 is 1.86. The van der Waals surface area contributed by atoms with Crippen molar-refractivity contribution < 1.29 is 4.79 Å². The summed E-state index contributed by atoms with van der Waals surface area (Å²) in [6.45, 7) is 4.39. The van der Waals surface area contributed by atoms with Crippen LogP contribution in [0.15, 0.2) is 18.5 Å². The number of rotatable bonds is 4. The second-order valence-corrected chi connectivity index (χ2v) is 4.40. The van der Waals surface area contributed by atoms with E-state index >= 15 is 0 Å². The molecule has 1 amide bonds. The van der Waals surface area contributed by atoms with E-state index in [0.29, 0.717) is 5.69 Å². The van der Waals surface area contributed by atoms with Crippen molar-refractivity contribution in [2.75, 3.05) is 18.9 Å². The largest absolute Gasteiger partial charge is 0.324 e.